The number of benzene rings is 1. The Labute approximate surface area is 176 Å². The van der Waals surface area contributed by atoms with Crippen LogP contribution < -0.4 is 0 Å². The number of aryl methyl sites for hydroxylation is 1. The Balaban J connectivity index is 1.74. The molecular weight excluding hydrogens is 402 g/mol. The second-order valence-corrected chi connectivity index (χ2v) is 7.39. The first-order valence-corrected chi connectivity index (χ1v) is 9.29. The van der Waals surface area contributed by atoms with Gasteiger partial charge in [-0.25, -0.2) is 13.8 Å². The zero-order chi connectivity index (χ0) is 22.2. The molecule has 0 amide bonds. The van der Waals surface area contributed by atoms with Crippen molar-refractivity contribution >= 4 is 0 Å². The fourth-order valence-corrected chi connectivity index (χ4v) is 2.87. The SMILES string of the molecule is Cc1ncc(-c2ccnc(C(C)(C)C#N)c2)nc1-c1nnc(-c2ccc(F)cc2F)o1. The average molecular weight is 418 g/mol. The summed E-state index contributed by atoms with van der Waals surface area (Å²) in [6.07, 6.45) is 3.20. The maximum Gasteiger partial charge on any atom is 0.268 e. The van der Waals surface area contributed by atoms with Crippen molar-refractivity contribution in [1.82, 2.24) is 25.1 Å². The smallest absolute Gasteiger partial charge is 0.268 e. The van der Waals surface area contributed by atoms with Crippen molar-refractivity contribution in [2.75, 3.05) is 0 Å². The van der Waals surface area contributed by atoms with Crippen LogP contribution in [0.1, 0.15) is 25.2 Å². The number of hydrogen-bond acceptors (Lipinski definition) is 7. The van der Waals surface area contributed by atoms with Crippen molar-refractivity contribution in [2.24, 2.45) is 0 Å². The summed E-state index contributed by atoms with van der Waals surface area (Å²) in [4.78, 5) is 13.2. The molecule has 0 N–H and O–H groups in total. The molecule has 0 aliphatic carbocycles. The summed E-state index contributed by atoms with van der Waals surface area (Å²) in [6.45, 7) is 5.28. The van der Waals surface area contributed by atoms with Gasteiger partial charge in [0.25, 0.3) is 11.8 Å². The Morgan fingerprint density at radius 2 is 1.81 bits per heavy atom. The molecule has 3 aromatic heterocycles. The molecule has 0 unspecified atom stereocenters. The highest BCUT2D eigenvalue weighted by Gasteiger charge is 2.23. The summed E-state index contributed by atoms with van der Waals surface area (Å²) in [6, 6.07) is 8.84. The third kappa shape index (κ3) is 3.88. The quantitative estimate of drug-likeness (QED) is 0.476. The van der Waals surface area contributed by atoms with E-state index in [9.17, 15) is 14.0 Å². The molecule has 4 rings (SSSR count). The van der Waals surface area contributed by atoms with E-state index in [1.807, 2.05) is 0 Å². The van der Waals surface area contributed by atoms with Gasteiger partial charge in [0.05, 0.1) is 40.3 Å². The van der Waals surface area contributed by atoms with E-state index < -0.39 is 17.0 Å². The summed E-state index contributed by atoms with van der Waals surface area (Å²) in [5.74, 6) is -1.55. The van der Waals surface area contributed by atoms with Crippen molar-refractivity contribution in [3.8, 4) is 40.4 Å². The van der Waals surface area contributed by atoms with Crippen LogP contribution in [0.15, 0.2) is 47.1 Å². The lowest BCUT2D eigenvalue weighted by atomic mass is 9.90. The summed E-state index contributed by atoms with van der Waals surface area (Å²) in [5.41, 5.74) is 1.92. The van der Waals surface area contributed by atoms with Crippen LogP contribution >= 0.6 is 0 Å². The molecule has 154 valence electrons. The van der Waals surface area contributed by atoms with E-state index in [0.29, 0.717) is 28.3 Å². The summed E-state index contributed by atoms with van der Waals surface area (Å²) < 4.78 is 32.8. The Morgan fingerprint density at radius 1 is 1.03 bits per heavy atom. The van der Waals surface area contributed by atoms with E-state index in [-0.39, 0.29) is 17.3 Å². The molecule has 0 atom stereocenters. The Hall–Kier alpha value is -4.06. The summed E-state index contributed by atoms with van der Waals surface area (Å²) in [7, 11) is 0. The molecule has 0 saturated heterocycles. The summed E-state index contributed by atoms with van der Waals surface area (Å²) in [5, 5.41) is 17.2. The van der Waals surface area contributed by atoms with Crippen LogP contribution in [0.3, 0.4) is 0 Å². The zero-order valence-electron chi connectivity index (χ0n) is 16.9. The maximum atomic E-state index is 14.1. The number of nitrogens with zero attached hydrogens (tertiary/aromatic N) is 6. The molecule has 1 aromatic carbocycles. The molecule has 31 heavy (non-hydrogen) atoms. The van der Waals surface area contributed by atoms with Gasteiger partial charge in [-0.15, -0.1) is 10.2 Å². The molecule has 0 saturated carbocycles. The molecule has 0 spiro atoms. The van der Waals surface area contributed by atoms with E-state index in [1.54, 1.807) is 45.3 Å². The van der Waals surface area contributed by atoms with Gasteiger partial charge in [0.1, 0.15) is 17.3 Å². The molecule has 0 bridgehead atoms. The highest BCUT2D eigenvalue weighted by atomic mass is 19.1. The van der Waals surface area contributed by atoms with Crippen molar-refractivity contribution in [1.29, 1.82) is 5.26 Å². The number of hydrogen-bond donors (Lipinski definition) is 0. The molecule has 9 heteroatoms. The number of halogens is 2. The lowest BCUT2D eigenvalue weighted by Crippen LogP contribution is -2.15. The van der Waals surface area contributed by atoms with Gasteiger partial charge in [0, 0.05) is 17.8 Å². The molecule has 4 aromatic rings. The molecule has 0 aliphatic rings. The standard InChI is InChI=1S/C22H16F2N6O/c1-12-19(21-30-29-20(31-21)15-5-4-14(23)9-16(15)24)28-17(10-27-12)13-6-7-26-18(8-13)22(2,3)11-25/h4-10H,1-3H3. The number of rotatable bonds is 4. The summed E-state index contributed by atoms with van der Waals surface area (Å²) >= 11 is 0. The maximum absolute atomic E-state index is 14.1. The molecule has 7 nitrogen and oxygen atoms in total. The minimum Gasteiger partial charge on any atom is -0.414 e. The first-order chi connectivity index (χ1) is 14.8. The van der Waals surface area contributed by atoms with E-state index in [1.165, 1.54) is 6.07 Å². The van der Waals surface area contributed by atoms with E-state index in [4.69, 9.17) is 4.42 Å². The first-order valence-electron chi connectivity index (χ1n) is 9.29. The van der Waals surface area contributed by atoms with Crippen LogP contribution in [-0.2, 0) is 5.41 Å². The predicted octanol–water partition coefficient (Wildman–Crippen LogP) is 4.64. The van der Waals surface area contributed by atoms with Crippen LogP contribution in [0, 0.1) is 29.9 Å². The molecule has 3 heterocycles. The topological polar surface area (TPSA) is 101 Å². The van der Waals surface area contributed by atoms with Gasteiger partial charge in [-0.2, -0.15) is 5.26 Å². The van der Waals surface area contributed by atoms with Crippen molar-refractivity contribution in [3.63, 3.8) is 0 Å². The molecule has 0 aliphatic heterocycles. The van der Waals surface area contributed by atoms with Crippen LogP contribution in [0.4, 0.5) is 8.78 Å². The van der Waals surface area contributed by atoms with Crippen LogP contribution in [0.2, 0.25) is 0 Å². The largest absolute Gasteiger partial charge is 0.414 e. The minimum atomic E-state index is -0.809. The van der Waals surface area contributed by atoms with Crippen molar-refractivity contribution in [3.05, 3.63) is 65.7 Å². The van der Waals surface area contributed by atoms with E-state index in [0.717, 1.165) is 12.1 Å². The van der Waals surface area contributed by atoms with Crippen molar-refractivity contribution in [2.45, 2.75) is 26.2 Å². The number of nitriles is 1. The van der Waals surface area contributed by atoms with Gasteiger partial charge in [-0.05, 0) is 45.0 Å². The van der Waals surface area contributed by atoms with Crippen molar-refractivity contribution < 1.29 is 13.2 Å². The van der Waals surface area contributed by atoms with Gasteiger partial charge in [0.15, 0.2) is 0 Å². The first kappa shape index (κ1) is 20.2. The van der Waals surface area contributed by atoms with Gasteiger partial charge >= 0.3 is 0 Å². The van der Waals surface area contributed by atoms with Gasteiger partial charge in [-0.3, -0.25) is 9.97 Å². The van der Waals surface area contributed by atoms with Gasteiger partial charge in [-0.1, -0.05) is 0 Å². The molecule has 0 radical (unpaired) electrons. The highest BCUT2D eigenvalue weighted by molar-refractivity contribution is 5.64. The Kier molecular flexibility index (Phi) is 4.99. The molecular formula is C22H16F2N6O. The lowest BCUT2D eigenvalue weighted by Gasteiger charge is -2.15. The zero-order valence-corrected chi connectivity index (χ0v) is 16.9. The fourth-order valence-electron chi connectivity index (χ4n) is 2.87. The van der Waals surface area contributed by atoms with Gasteiger partial charge in [0.2, 0.25) is 0 Å². The van der Waals surface area contributed by atoms with Crippen LogP contribution in [0.5, 0.6) is 0 Å². The van der Waals surface area contributed by atoms with Crippen LogP contribution in [-0.4, -0.2) is 25.1 Å². The fraction of sp³-hybridized carbons (Fsp3) is 0.182. The second kappa shape index (κ2) is 7.65. The number of pyridine rings is 1. The third-order valence-electron chi connectivity index (χ3n) is 4.72. The average Bonchev–Trinajstić information content (AvgIpc) is 3.24. The monoisotopic (exact) mass is 418 g/mol. The normalized spacial score (nSPS) is 11.4. The molecule has 0 fully saturated rings. The highest BCUT2D eigenvalue weighted by Crippen LogP contribution is 2.29. The van der Waals surface area contributed by atoms with E-state index >= 15 is 0 Å². The predicted molar refractivity (Wildman–Crippen MR) is 107 cm³/mol. The van der Waals surface area contributed by atoms with E-state index in [2.05, 4.69) is 31.2 Å². The Bertz CT molecular complexity index is 1330. The number of aromatic nitrogens is 5. The lowest BCUT2D eigenvalue weighted by molar-refractivity contribution is 0.559. The van der Waals surface area contributed by atoms with Gasteiger partial charge < -0.3 is 4.42 Å². The second-order valence-electron chi connectivity index (χ2n) is 7.39. The minimum absolute atomic E-state index is 0.0144. The Morgan fingerprint density at radius 3 is 2.55 bits per heavy atom. The van der Waals surface area contributed by atoms with Crippen LogP contribution in [0.25, 0.3) is 34.3 Å². The third-order valence-corrected chi connectivity index (χ3v) is 4.72.